The Labute approximate surface area is 118 Å². The number of benzene rings is 1. The van der Waals surface area contributed by atoms with Gasteiger partial charge in [-0.15, -0.1) is 0 Å². The molecule has 5 heteroatoms. The number of hydrogen-bond acceptors (Lipinski definition) is 3. The van der Waals surface area contributed by atoms with Crippen LogP contribution in [0.15, 0.2) is 24.3 Å². The van der Waals surface area contributed by atoms with Crippen LogP contribution in [0.1, 0.15) is 18.4 Å². The van der Waals surface area contributed by atoms with Crippen LogP contribution >= 0.6 is 0 Å². The standard InChI is InChI=1S/C15H20N2O3/c1-20-9-8-16-14(18)7-6-12-10-11-4-2-3-5-13(11)17-15(12)19/h2-5,12H,6-10H2,1H3,(H,16,18)(H,17,19)/t12-/m1/s1. The zero-order chi connectivity index (χ0) is 14.4. The molecule has 1 aromatic carbocycles. The third kappa shape index (κ3) is 3.81. The monoisotopic (exact) mass is 276 g/mol. The lowest BCUT2D eigenvalue weighted by Crippen LogP contribution is -2.32. The van der Waals surface area contributed by atoms with Crippen LogP contribution in [-0.2, 0) is 20.7 Å². The molecular weight excluding hydrogens is 256 g/mol. The molecule has 108 valence electrons. The van der Waals surface area contributed by atoms with Gasteiger partial charge in [-0.3, -0.25) is 9.59 Å². The van der Waals surface area contributed by atoms with Gasteiger partial charge in [0.25, 0.3) is 0 Å². The normalized spacial score (nSPS) is 17.2. The Morgan fingerprint density at radius 3 is 3.05 bits per heavy atom. The van der Waals surface area contributed by atoms with Crippen molar-refractivity contribution in [3.63, 3.8) is 0 Å². The highest BCUT2D eigenvalue weighted by molar-refractivity contribution is 5.96. The molecule has 0 spiro atoms. The van der Waals surface area contributed by atoms with E-state index in [1.54, 1.807) is 7.11 Å². The SMILES string of the molecule is COCCNC(=O)CC[C@@H]1Cc2ccccc2NC1=O. The topological polar surface area (TPSA) is 67.4 Å². The summed E-state index contributed by atoms with van der Waals surface area (Å²) in [6, 6.07) is 7.79. The highest BCUT2D eigenvalue weighted by Gasteiger charge is 2.25. The average Bonchev–Trinajstić information content (AvgIpc) is 2.45. The van der Waals surface area contributed by atoms with Gasteiger partial charge >= 0.3 is 0 Å². The van der Waals surface area contributed by atoms with Crippen molar-refractivity contribution in [2.75, 3.05) is 25.6 Å². The number of nitrogens with one attached hydrogen (secondary N) is 2. The van der Waals surface area contributed by atoms with Crippen molar-refractivity contribution >= 4 is 17.5 Å². The van der Waals surface area contributed by atoms with Gasteiger partial charge in [-0.2, -0.15) is 0 Å². The van der Waals surface area contributed by atoms with E-state index < -0.39 is 0 Å². The summed E-state index contributed by atoms with van der Waals surface area (Å²) in [4.78, 5) is 23.6. The maximum Gasteiger partial charge on any atom is 0.227 e. The fraction of sp³-hybridized carbons (Fsp3) is 0.467. The molecular formula is C15H20N2O3. The average molecular weight is 276 g/mol. The molecule has 1 aromatic rings. The summed E-state index contributed by atoms with van der Waals surface area (Å²) >= 11 is 0. The molecule has 5 nitrogen and oxygen atoms in total. The lowest BCUT2D eigenvalue weighted by atomic mass is 9.89. The molecule has 2 rings (SSSR count). The number of rotatable bonds is 6. The van der Waals surface area contributed by atoms with Gasteiger partial charge in [0.15, 0.2) is 0 Å². The van der Waals surface area contributed by atoms with Gasteiger partial charge in [-0.25, -0.2) is 0 Å². The largest absolute Gasteiger partial charge is 0.383 e. The molecule has 0 saturated heterocycles. The number of amides is 2. The number of carbonyl (C=O) groups excluding carboxylic acids is 2. The van der Waals surface area contributed by atoms with Gasteiger partial charge in [-0.1, -0.05) is 18.2 Å². The molecule has 0 unspecified atom stereocenters. The number of fused-ring (bicyclic) bond motifs is 1. The van der Waals surface area contributed by atoms with Gasteiger partial charge < -0.3 is 15.4 Å². The summed E-state index contributed by atoms with van der Waals surface area (Å²) in [5.74, 6) is -0.153. The maximum absolute atomic E-state index is 12.0. The lowest BCUT2D eigenvalue weighted by molar-refractivity contribution is -0.123. The van der Waals surface area contributed by atoms with E-state index in [2.05, 4.69) is 10.6 Å². The maximum atomic E-state index is 12.0. The first-order valence-corrected chi connectivity index (χ1v) is 6.85. The molecule has 1 heterocycles. The van der Waals surface area contributed by atoms with Crippen molar-refractivity contribution in [1.29, 1.82) is 0 Å². The highest BCUT2D eigenvalue weighted by atomic mass is 16.5. The molecule has 0 bridgehead atoms. The molecule has 2 N–H and O–H groups in total. The van der Waals surface area contributed by atoms with E-state index in [0.717, 1.165) is 11.3 Å². The first-order chi connectivity index (χ1) is 9.70. The van der Waals surface area contributed by atoms with E-state index in [1.165, 1.54) is 0 Å². The van der Waals surface area contributed by atoms with Crippen LogP contribution in [0, 0.1) is 5.92 Å². The number of anilines is 1. The quantitative estimate of drug-likeness (QED) is 0.770. The zero-order valence-electron chi connectivity index (χ0n) is 11.6. The number of hydrogen-bond donors (Lipinski definition) is 2. The molecule has 1 atom stereocenters. The van der Waals surface area contributed by atoms with E-state index in [1.807, 2.05) is 24.3 Å². The third-order valence-electron chi connectivity index (χ3n) is 3.46. The van der Waals surface area contributed by atoms with E-state index >= 15 is 0 Å². The van der Waals surface area contributed by atoms with Crippen molar-refractivity contribution in [2.45, 2.75) is 19.3 Å². The van der Waals surface area contributed by atoms with E-state index in [4.69, 9.17) is 4.74 Å². The Morgan fingerprint density at radius 2 is 2.25 bits per heavy atom. The summed E-state index contributed by atoms with van der Waals surface area (Å²) in [5.41, 5.74) is 2.02. The van der Waals surface area contributed by atoms with Crippen molar-refractivity contribution in [2.24, 2.45) is 5.92 Å². The predicted molar refractivity (Wildman–Crippen MR) is 76.4 cm³/mol. The van der Waals surface area contributed by atoms with Crippen molar-refractivity contribution in [3.05, 3.63) is 29.8 Å². The Hall–Kier alpha value is -1.88. The van der Waals surface area contributed by atoms with Crippen LogP contribution in [0.4, 0.5) is 5.69 Å². The molecule has 0 fully saturated rings. The van der Waals surface area contributed by atoms with Crippen LogP contribution < -0.4 is 10.6 Å². The second-order valence-electron chi connectivity index (χ2n) is 4.93. The fourth-order valence-electron chi connectivity index (χ4n) is 2.33. The fourth-order valence-corrected chi connectivity index (χ4v) is 2.33. The molecule has 0 aromatic heterocycles. The highest BCUT2D eigenvalue weighted by Crippen LogP contribution is 2.27. The Balaban J connectivity index is 1.82. The van der Waals surface area contributed by atoms with Crippen LogP contribution in [0.25, 0.3) is 0 Å². The summed E-state index contributed by atoms with van der Waals surface area (Å²) < 4.78 is 4.86. The van der Waals surface area contributed by atoms with Crippen molar-refractivity contribution in [1.82, 2.24) is 5.32 Å². The van der Waals surface area contributed by atoms with Gasteiger partial charge in [0, 0.05) is 31.7 Å². The second kappa shape index (κ2) is 7.05. The van der Waals surface area contributed by atoms with Gasteiger partial charge in [0.2, 0.25) is 11.8 Å². The van der Waals surface area contributed by atoms with Crippen LogP contribution in [0.5, 0.6) is 0 Å². The van der Waals surface area contributed by atoms with E-state index in [0.29, 0.717) is 32.4 Å². The summed E-state index contributed by atoms with van der Waals surface area (Å²) in [6.07, 6.45) is 1.64. The minimum absolute atomic E-state index is 0.00777. The third-order valence-corrected chi connectivity index (χ3v) is 3.46. The van der Waals surface area contributed by atoms with Gasteiger partial charge in [0.1, 0.15) is 0 Å². The van der Waals surface area contributed by atoms with Crippen LogP contribution in [0.2, 0.25) is 0 Å². The number of para-hydroxylation sites is 1. The summed E-state index contributed by atoms with van der Waals surface area (Å²) in [6.45, 7) is 1.01. The van der Waals surface area contributed by atoms with Crippen LogP contribution in [0.3, 0.4) is 0 Å². The van der Waals surface area contributed by atoms with E-state index in [9.17, 15) is 9.59 Å². The lowest BCUT2D eigenvalue weighted by Gasteiger charge is -2.24. The van der Waals surface area contributed by atoms with Gasteiger partial charge in [-0.05, 0) is 24.5 Å². The van der Waals surface area contributed by atoms with Crippen molar-refractivity contribution in [3.8, 4) is 0 Å². The van der Waals surface area contributed by atoms with Gasteiger partial charge in [0.05, 0.1) is 6.61 Å². The zero-order valence-corrected chi connectivity index (χ0v) is 11.6. The summed E-state index contributed by atoms with van der Waals surface area (Å²) in [7, 11) is 1.59. The molecule has 0 saturated carbocycles. The molecule has 2 amide bonds. The molecule has 1 aliphatic heterocycles. The first-order valence-electron chi connectivity index (χ1n) is 6.85. The Kier molecular flexibility index (Phi) is 5.12. The second-order valence-corrected chi connectivity index (χ2v) is 4.93. The molecule has 1 aliphatic rings. The molecule has 0 aliphatic carbocycles. The Morgan fingerprint density at radius 1 is 1.45 bits per heavy atom. The smallest absolute Gasteiger partial charge is 0.227 e. The minimum atomic E-state index is -0.127. The minimum Gasteiger partial charge on any atom is -0.383 e. The van der Waals surface area contributed by atoms with Crippen LogP contribution in [-0.4, -0.2) is 32.1 Å². The molecule has 0 radical (unpaired) electrons. The van der Waals surface area contributed by atoms with Crippen molar-refractivity contribution < 1.29 is 14.3 Å². The molecule has 20 heavy (non-hydrogen) atoms. The summed E-state index contributed by atoms with van der Waals surface area (Å²) in [5, 5.41) is 5.66. The van der Waals surface area contributed by atoms with E-state index in [-0.39, 0.29) is 17.7 Å². The number of carbonyl (C=O) groups is 2. The first kappa shape index (κ1) is 14.5. The predicted octanol–water partition coefficient (Wildman–Crippen LogP) is 1.34. The number of ether oxygens (including phenoxy) is 1. The number of methoxy groups -OCH3 is 1. The Bertz CT molecular complexity index is 488.